The topological polar surface area (TPSA) is 40.6 Å². The van der Waals surface area contributed by atoms with Crippen LogP contribution in [0.5, 0.6) is 5.88 Å². The maximum Gasteiger partial charge on any atom is 0.514 e. The van der Waals surface area contributed by atoms with E-state index >= 15 is 0 Å². The van der Waals surface area contributed by atoms with Gasteiger partial charge in [-0.1, -0.05) is 6.07 Å². The molecule has 1 aliphatic rings. The van der Waals surface area contributed by atoms with Gasteiger partial charge < -0.3 is 14.0 Å². The Kier molecular flexibility index (Phi) is 3.81. The first-order valence-electron chi connectivity index (χ1n) is 6.63. The lowest BCUT2D eigenvalue weighted by molar-refractivity contribution is 0.00578. The van der Waals surface area contributed by atoms with Gasteiger partial charge in [0.05, 0.1) is 23.9 Å². The number of pyridine rings is 1. The quantitative estimate of drug-likeness (QED) is 0.619. The second-order valence-corrected chi connectivity index (χ2v) is 5.87. The molecule has 0 aliphatic carbocycles. The molecule has 0 N–H and O–H groups in total. The molecular weight excluding hydrogens is 253 g/mol. The lowest BCUT2D eigenvalue weighted by Gasteiger charge is -2.32. The molecule has 1 aliphatic heterocycles. The van der Waals surface area contributed by atoms with Crippen LogP contribution in [0.15, 0.2) is 12.1 Å². The molecule has 1 saturated heterocycles. The zero-order valence-electron chi connectivity index (χ0n) is 12.7. The van der Waals surface area contributed by atoms with Crippen LogP contribution in [0, 0.1) is 12.3 Å². The molecule has 0 aromatic carbocycles. The number of terminal acetylenes is 1. The predicted molar refractivity (Wildman–Crippen MR) is 79.0 cm³/mol. The Bertz CT molecular complexity index is 533. The minimum atomic E-state index is -0.492. The first-order chi connectivity index (χ1) is 9.30. The van der Waals surface area contributed by atoms with Gasteiger partial charge in [0, 0.05) is 12.0 Å². The van der Waals surface area contributed by atoms with Crippen molar-refractivity contribution >= 4 is 12.7 Å². The van der Waals surface area contributed by atoms with E-state index in [2.05, 4.69) is 10.9 Å². The number of methoxy groups -OCH3 is 1. The molecule has 0 saturated carbocycles. The van der Waals surface area contributed by atoms with Crippen LogP contribution in [0.2, 0.25) is 0 Å². The Morgan fingerprint density at radius 1 is 1.25 bits per heavy atom. The summed E-state index contributed by atoms with van der Waals surface area (Å²) in [6.07, 6.45) is 5.82. The summed E-state index contributed by atoms with van der Waals surface area (Å²) >= 11 is 0. The molecule has 0 radical (unpaired) electrons. The Morgan fingerprint density at radius 3 is 2.35 bits per heavy atom. The van der Waals surface area contributed by atoms with Crippen LogP contribution in [0.4, 0.5) is 0 Å². The van der Waals surface area contributed by atoms with Gasteiger partial charge in [-0.05, 0) is 33.8 Å². The largest absolute Gasteiger partial charge is 0.514 e. The number of rotatable bonds is 3. The highest BCUT2D eigenvalue weighted by Crippen LogP contribution is 2.36. The smallest absolute Gasteiger partial charge is 0.481 e. The normalized spacial score (nSPS) is 19.7. The van der Waals surface area contributed by atoms with E-state index in [0.29, 0.717) is 17.9 Å². The Labute approximate surface area is 121 Å². The van der Waals surface area contributed by atoms with Gasteiger partial charge in [0.2, 0.25) is 5.88 Å². The molecule has 4 nitrogen and oxygen atoms in total. The van der Waals surface area contributed by atoms with Crippen LogP contribution < -0.4 is 10.3 Å². The summed E-state index contributed by atoms with van der Waals surface area (Å²) in [4.78, 5) is 4.46. The van der Waals surface area contributed by atoms with Crippen LogP contribution in [0.3, 0.4) is 0 Å². The molecule has 0 unspecified atom stereocenters. The van der Waals surface area contributed by atoms with Crippen molar-refractivity contribution in [1.29, 1.82) is 0 Å². The summed E-state index contributed by atoms with van der Waals surface area (Å²) in [5.41, 5.74) is 0.810. The summed E-state index contributed by atoms with van der Waals surface area (Å²) in [6.45, 7) is 8.04. The number of hydrogen-bond donors (Lipinski definition) is 0. The third kappa shape index (κ3) is 2.54. The third-order valence-electron chi connectivity index (χ3n) is 3.94. The Hall–Kier alpha value is -1.51. The van der Waals surface area contributed by atoms with Crippen molar-refractivity contribution in [2.75, 3.05) is 7.11 Å². The molecule has 0 amide bonds. The van der Waals surface area contributed by atoms with Gasteiger partial charge in [-0.25, -0.2) is 4.98 Å². The zero-order valence-corrected chi connectivity index (χ0v) is 12.7. The Morgan fingerprint density at radius 2 is 1.85 bits per heavy atom. The van der Waals surface area contributed by atoms with Gasteiger partial charge in [0.1, 0.15) is 0 Å². The Balaban J connectivity index is 2.30. The van der Waals surface area contributed by atoms with Gasteiger partial charge in [0.15, 0.2) is 0 Å². The molecule has 106 valence electrons. The molecule has 1 aromatic heterocycles. The van der Waals surface area contributed by atoms with Crippen molar-refractivity contribution in [3.05, 3.63) is 17.7 Å². The highest BCUT2D eigenvalue weighted by Gasteiger charge is 2.52. The number of hydrogen-bond acceptors (Lipinski definition) is 4. The molecule has 20 heavy (non-hydrogen) atoms. The minimum absolute atomic E-state index is 0.385. The second-order valence-electron chi connectivity index (χ2n) is 5.87. The van der Waals surface area contributed by atoms with E-state index in [1.165, 1.54) is 0 Å². The zero-order chi connectivity index (χ0) is 15.0. The molecule has 2 rings (SSSR count). The fourth-order valence-corrected chi connectivity index (χ4v) is 2.00. The molecular formula is C15H20BNO3. The maximum atomic E-state index is 5.97. The molecule has 5 heteroatoms. The van der Waals surface area contributed by atoms with Crippen molar-refractivity contribution in [1.82, 2.24) is 4.98 Å². The van der Waals surface area contributed by atoms with E-state index in [0.717, 1.165) is 5.56 Å². The van der Waals surface area contributed by atoms with Crippen molar-refractivity contribution in [2.45, 2.75) is 45.3 Å². The fourth-order valence-electron chi connectivity index (χ4n) is 2.00. The number of aromatic nitrogens is 1. The van der Waals surface area contributed by atoms with Crippen LogP contribution in [0.25, 0.3) is 0 Å². The molecule has 0 atom stereocenters. The van der Waals surface area contributed by atoms with E-state index < -0.39 is 7.12 Å². The van der Waals surface area contributed by atoms with Crippen LogP contribution in [-0.4, -0.2) is 30.4 Å². The third-order valence-corrected chi connectivity index (χ3v) is 3.94. The SMILES string of the molecule is C#CCc1ccc(B2OC(C)(C)C(C)(C)O2)nc1OC. The lowest BCUT2D eigenvalue weighted by Crippen LogP contribution is -2.41. The van der Waals surface area contributed by atoms with E-state index in [-0.39, 0.29) is 11.2 Å². The average molecular weight is 273 g/mol. The van der Waals surface area contributed by atoms with E-state index in [9.17, 15) is 0 Å². The van der Waals surface area contributed by atoms with Crippen molar-refractivity contribution < 1.29 is 14.0 Å². The molecule has 0 spiro atoms. The number of ether oxygens (including phenoxy) is 1. The van der Waals surface area contributed by atoms with Gasteiger partial charge in [-0.15, -0.1) is 12.3 Å². The van der Waals surface area contributed by atoms with Crippen LogP contribution in [-0.2, 0) is 15.7 Å². The summed E-state index contributed by atoms with van der Waals surface area (Å²) in [5.74, 6) is 3.11. The van der Waals surface area contributed by atoms with Crippen molar-refractivity contribution in [3.8, 4) is 18.2 Å². The van der Waals surface area contributed by atoms with Crippen molar-refractivity contribution in [2.24, 2.45) is 0 Å². The van der Waals surface area contributed by atoms with Gasteiger partial charge in [-0.2, -0.15) is 0 Å². The summed E-state index contributed by atoms with van der Waals surface area (Å²) in [6, 6.07) is 3.78. The van der Waals surface area contributed by atoms with Gasteiger partial charge in [0.25, 0.3) is 0 Å². The van der Waals surface area contributed by atoms with Gasteiger partial charge in [-0.3, -0.25) is 0 Å². The first kappa shape index (κ1) is 14.9. The minimum Gasteiger partial charge on any atom is -0.481 e. The fraction of sp³-hybridized carbons (Fsp3) is 0.533. The number of nitrogens with zero attached hydrogens (tertiary/aromatic N) is 1. The first-order valence-corrected chi connectivity index (χ1v) is 6.63. The van der Waals surface area contributed by atoms with Crippen molar-refractivity contribution in [3.63, 3.8) is 0 Å². The predicted octanol–water partition coefficient (Wildman–Crippen LogP) is 1.57. The maximum absolute atomic E-state index is 5.97. The lowest BCUT2D eigenvalue weighted by atomic mass is 9.84. The average Bonchev–Trinajstić information content (AvgIpc) is 2.59. The van der Waals surface area contributed by atoms with Gasteiger partial charge >= 0.3 is 7.12 Å². The van der Waals surface area contributed by atoms with E-state index in [4.69, 9.17) is 20.5 Å². The summed E-state index contributed by atoms with van der Waals surface area (Å²) in [5, 5.41) is 0. The monoisotopic (exact) mass is 273 g/mol. The standard InChI is InChI=1S/C15H20BNO3/c1-7-8-11-9-10-12(17-13(11)18-6)16-19-14(2,3)15(4,5)20-16/h1,9-10H,8H2,2-6H3. The van der Waals surface area contributed by atoms with Crippen LogP contribution >= 0.6 is 0 Å². The second kappa shape index (κ2) is 5.12. The highest BCUT2D eigenvalue weighted by atomic mass is 16.7. The molecule has 0 bridgehead atoms. The van der Waals surface area contributed by atoms with E-state index in [1.54, 1.807) is 7.11 Å². The molecule has 2 heterocycles. The van der Waals surface area contributed by atoms with Crippen LogP contribution in [0.1, 0.15) is 33.3 Å². The molecule has 1 fully saturated rings. The summed E-state index contributed by atoms with van der Waals surface area (Å²) in [7, 11) is 1.09. The molecule has 1 aromatic rings. The highest BCUT2D eigenvalue weighted by molar-refractivity contribution is 6.61. The summed E-state index contributed by atoms with van der Waals surface area (Å²) < 4.78 is 17.2. The van der Waals surface area contributed by atoms with E-state index in [1.807, 2.05) is 39.8 Å².